The number of carbonyl (C=O) groups is 2. The second-order valence-electron chi connectivity index (χ2n) is 16.2. The molecular formula is C43H75N3O15P2. The second kappa shape index (κ2) is 32.0. The third-order valence-corrected chi connectivity index (χ3v) is 13.2. The summed E-state index contributed by atoms with van der Waals surface area (Å²) in [7, 11) is -10.8. The maximum Gasteiger partial charge on any atom is 0.481 e. The number of carbonyl (C=O) groups excluding carboxylic acids is 2. The second-order valence-corrected chi connectivity index (χ2v) is 19.2. The number of nitrogen functional groups attached to an aromatic ring is 1. The van der Waals surface area contributed by atoms with E-state index in [4.69, 9.17) is 29.0 Å². The van der Waals surface area contributed by atoms with Crippen LogP contribution in [0.4, 0.5) is 5.82 Å². The van der Waals surface area contributed by atoms with E-state index in [9.17, 15) is 43.5 Å². The zero-order valence-corrected chi connectivity index (χ0v) is 39.3. The highest BCUT2D eigenvalue weighted by Crippen LogP contribution is 2.60. The number of ether oxygens (including phenoxy) is 3. The van der Waals surface area contributed by atoms with Gasteiger partial charge in [-0.05, 0) is 50.5 Å². The first kappa shape index (κ1) is 56.4. The predicted octanol–water partition coefficient (Wildman–Crippen LogP) is 8.13. The molecule has 0 aromatic carbocycles. The molecule has 0 amide bonds. The van der Waals surface area contributed by atoms with Gasteiger partial charge in [0.2, 0.25) is 0 Å². The summed E-state index contributed by atoms with van der Waals surface area (Å²) in [6.45, 7) is 4.32. The van der Waals surface area contributed by atoms with Gasteiger partial charge in [-0.25, -0.2) is 13.9 Å². The molecule has 1 saturated heterocycles. The van der Waals surface area contributed by atoms with Crippen LogP contribution in [0.5, 0.6) is 0 Å². The molecule has 0 aliphatic carbocycles. The molecule has 18 nitrogen and oxygen atoms in total. The molecule has 0 radical (unpaired) electrons. The fourth-order valence-corrected chi connectivity index (χ4v) is 8.74. The number of rotatable bonds is 36. The van der Waals surface area contributed by atoms with E-state index in [1.54, 1.807) is 0 Å². The normalized spacial score (nSPS) is 20.7. The van der Waals surface area contributed by atoms with Crippen LogP contribution < -0.4 is 11.4 Å². The summed E-state index contributed by atoms with van der Waals surface area (Å²) in [5, 5.41) is 20.8. The third kappa shape index (κ3) is 25.5. The number of aliphatic hydroxyl groups excluding tert-OH is 2. The first-order valence-electron chi connectivity index (χ1n) is 22.8. The molecule has 63 heavy (non-hydrogen) atoms. The summed E-state index contributed by atoms with van der Waals surface area (Å²) < 4.78 is 56.5. The number of aromatic nitrogens is 2. The molecule has 362 valence electrons. The van der Waals surface area contributed by atoms with Crippen molar-refractivity contribution in [1.82, 2.24) is 9.55 Å². The molecule has 0 spiro atoms. The lowest BCUT2D eigenvalue weighted by molar-refractivity contribution is -0.161. The maximum absolute atomic E-state index is 12.8. The number of nitrogens with two attached hydrogens (primary N) is 1. The molecule has 1 aromatic rings. The van der Waals surface area contributed by atoms with Crippen LogP contribution in [0.2, 0.25) is 0 Å². The van der Waals surface area contributed by atoms with Gasteiger partial charge in [-0.15, -0.1) is 0 Å². The molecule has 8 atom stereocenters. The molecule has 6 N–H and O–H groups in total. The minimum absolute atomic E-state index is 0.0457. The Bertz CT molecular complexity index is 1660. The lowest BCUT2D eigenvalue weighted by Crippen LogP contribution is -2.36. The number of allylic oxidation sites excluding steroid dienone is 4. The highest BCUT2D eigenvalue weighted by Gasteiger charge is 2.46. The lowest BCUT2D eigenvalue weighted by atomic mass is 10.00. The fraction of sp³-hybridized carbons (Fsp3) is 0.767. The Labute approximate surface area is 373 Å². The molecule has 1 aromatic heterocycles. The van der Waals surface area contributed by atoms with Crippen molar-refractivity contribution in [2.45, 2.75) is 186 Å². The average molecular weight is 936 g/mol. The highest BCUT2D eigenvalue weighted by molar-refractivity contribution is 7.61. The average Bonchev–Trinajstić information content (AvgIpc) is 3.51. The number of hydrogen-bond acceptors (Lipinski definition) is 15. The van der Waals surface area contributed by atoms with Crippen LogP contribution in [0.15, 0.2) is 41.4 Å². The molecule has 2 heterocycles. The number of anilines is 1. The number of aliphatic hydroxyl groups is 2. The van der Waals surface area contributed by atoms with Gasteiger partial charge in [0.15, 0.2) is 12.3 Å². The summed E-state index contributed by atoms with van der Waals surface area (Å²) >= 11 is 0. The molecule has 4 unspecified atom stereocenters. The van der Waals surface area contributed by atoms with E-state index in [0.717, 1.165) is 81.4 Å². The monoisotopic (exact) mass is 935 g/mol. The van der Waals surface area contributed by atoms with Gasteiger partial charge >= 0.3 is 33.3 Å². The van der Waals surface area contributed by atoms with Crippen molar-refractivity contribution in [2.75, 3.05) is 25.6 Å². The van der Waals surface area contributed by atoms with E-state index >= 15 is 0 Å². The van der Waals surface area contributed by atoms with Crippen LogP contribution in [0.25, 0.3) is 0 Å². The van der Waals surface area contributed by atoms with Gasteiger partial charge in [-0.3, -0.25) is 23.2 Å². The lowest BCUT2D eigenvalue weighted by Gasteiger charge is -2.21. The van der Waals surface area contributed by atoms with E-state index < -0.39 is 83.7 Å². The molecule has 1 aliphatic rings. The predicted molar refractivity (Wildman–Crippen MR) is 238 cm³/mol. The topological polar surface area (TPSA) is 265 Å². The van der Waals surface area contributed by atoms with Crippen LogP contribution in [-0.2, 0) is 46.3 Å². The molecule has 0 bridgehead atoms. The Morgan fingerprint density at radius 1 is 0.825 bits per heavy atom. The number of esters is 2. The van der Waals surface area contributed by atoms with Gasteiger partial charge in [-0.1, -0.05) is 129 Å². The standard InChI is InChI=1S/C43H75N3O15P2/c1-4-6-7-8-9-10-11-12-13-14-15-16-17-21-24-27-38(47)56-31-35(59-39(48)28-25-22-19-18-20-23-26-34(3)5-2)32-57-62(52,53)61-63(54,55)58-33-36-40(49)41(50)42(60-36)46-30-29-37(44)45-43(46)51/h10-13,29-30,34-36,40-42,49-50H,4-9,14-28,31-33H2,1-3H3,(H,52,53)(H,54,55)(H2,44,45,51)/b11-10-,13-12-/t34?,35-,36-,40+,41?,42-/m1/s1. The van der Waals surface area contributed by atoms with Gasteiger partial charge in [-0.2, -0.15) is 9.29 Å². The largest absolute Gasteiger partial charge is 0.481 e. The molecular weight excluding hydrogens is 860 g/mol. The van der Waals surface area contributed by atoms with Gasteiger partial charge in [0.25, 0.3) is 0 Å². The first-order valence-corrected chi connectivity index (χ1v) is 25.8. The molecule has 1 aliphatic heterocycles. The van der Waals surface area contributed by atoms with Crippen molar-refractivity contribution in [1.29, 1.82) is 0 Å². The Balaban J connectivity index is 1.84. The minimum Gasteiger partial charge on any atom is -0.462 e. The third-order valence-electron chi connectivity index (χ3n) is 10.6. The Kier molecular flexibility index (Phi) is 28.6. The van der Waals surface area contributed by atoms with E-state index in [1.807, 2.05) is 0 Å². The van der Waals surface area contributed by atoms with Crippen LogP contribution in [0, 0.1) is 5.92 Å². The van der Waals surface area contributed by atoms with Crippen LogP contribution in [-0.4, -0.2) is 85.7 Å². The minimum atomic E-state index is -5.42. The summed E-state index contributed by atoms with van der Waals surface area (Å²) in [6, 6.07) is 1.25. The number of hydrogen-bond donors (Lipinski definition) is 5. The maximum atomic E-state index is 12.8. The summed E-state index contributed by atoms with van der Waals surface area (Å²) in [6.07, 6.45) is 21.6. The molecule has 1 fully saturated rings. The van der Waals surface area contributed by atoms with Crippen LogP contribution in [0.1, 0.15) is 162 Å². The van der Waals surface area contributed by atoms with Crippen molar-refractivity contribution in [3.63, 3.8) is 0 Å². The zero-order valence-electron chi connectivity index (χ0n) is 37.5. The summed E-state index contributed by atoms with van der Waals surface area (Å²) in [5.41, 5.74) is 4.57. The van der Waals surface area contributed by atoms with Crippen LogP contribution in [0.3, 0.4) is 0 Å². The Morgan fingerprint density at radius 2 is 1.40 bits per heavy atom. The number of unbranched alkanes of at least 4 members (excludes halogenated alkanes) is 14. The van der Waals surface area contributed by atoms with Crippen molar-refractivity contribution >= 4 is 33.4 Å². The number of nitrogens with zero attached hydrogens (tertiary/aromatic N) is 2. The van der Waals surface area contributed by atoms with E-state index in [1.165, 1.54) is 44.6 Å². The SMILES string of the molecule is CCCCCC/C=C\C=C/CCCCCCCC(=O)OC[C@H](COP(=O)(O)OP(=O)(O)OC[C@H]1O[C@@H](n2ccc(N)nc2=O)C(O)[C@H]1O)OC(=O)CCCCCCCCC(C)CC. The first-order chi connectivity index (χ1) is 30.1. The highest BCUT2D eigenvalue weighted by atomic mass is 31.3. The summed E-state index contributed by atoms with van der Waals surface area (Å²) in [5.74, 6) is -0.607. The van der Waals surface area contributed by atoms with Gasteiger partial charge < -0.3 is 39.9 Å². The number of phosphoric acid groups is 2. The van der Waals surface area contributed by atoms with Gasteiger partial charge in [0.1, 0.15) is 30.7 Å². The van der Waals surface area contributed by atoms with Gasteiger partial charge in [0.05, 0.1) is 13.2 Å². The van der Waals surface area contributed by atoms with E-state index in [-0.39, 0.29) is 18.7 Å². The van der Waals surface area contributed by atoms with E-state index in [2.05, 4.69) is 54.4 Å². The van der Waals surface area contributed by atoms with Crippen molar-refractivity contribution in [3.8, 4) is 0 Å². The quantitative estimate of drug-likeness (QED) is 0.0184. The van der Waals surface area contributed by atoms with Crippen molar-refractivity contribution in [2.24, 2.45) is 5.92 Å². The van der Waals surface area contributed by atoms with Crippen molar-refractivity contribution < 1.29 is 66.3 Å². The molecule has 20 heteroatoms. The zero-order chi connectivity index (χ0) is 46.5. The smallest absolute Gasteiger partial charge is 0.462 e. The Hall–Kier alpha value is -2.76. The summed E-state index contributed by atoms with van der Waals surface area (Å²) in [4.78, 5) is 61.6. The van der Waals surface area contributed by atoms with Crippen LogP contribution >= 0.6 is 15.6 Å². The van der Waals surface area contributed by atoms with Gasteiger partial charge in [0, 0.05) is 19.0 Å². The fourth-order valence-electron chi connectivity index (χ4n) is 6.63. The van der Waals surface area contributed by atoms with Crippen molar-refractivity contribution in [3.05, 3.63) is 47.1 Å². The van der Waals surface area contributed by atoms with E-state index in [0.29, 0.717) is 18.8 Å². The molecule has 0 saturated carbocycles. The Morgan fingerprint density at radius 3 is 2.02 bits per heavy atom. The molecule has 2 rings (SSSR count). The number of phosphoric ester groups is 2.